The first-order valence-electron chi connectivity index (χ1n) is 8.12. The molecule has 25 heavy (non-hydrogen) atoms. The summed E-state index contributed by atoms with van der Waals surface area (Å²) in [4.78, 5) is 0. The zero-order valence-corrected chi connectivity index (χ0v) is 13.9. The molecule has 1 aliphatic heterocycles. The third kappa shape index (κ3) is 4.37. The highest BCUT2D eigenvalue weighted by molar-refractivity contribution is 5.44. The fourth-order valence-corrected chi connectivity index (χ4v) is 3.13. The van der Waals surface area contributed by atoms with E-state index >= 15 is 0 Å². The summed E-state index contributed by atoms with van der Waals surface area (Å²) in [5.74, 6) is 0.268. The average molecular weight is 358 g/mol. The van der Waals surface area contributed by atoms with Crippen LogP contribution in [0.2, 0.25) is 0 Å². The first-order valence-corrected chi connectivity index (χ1v) is 8.12. The molecule has 0 spiro atoms. The quantitative estimate of drug-likeness (QED) is 0.818. The second-order valence-electron chi connectivity index (χ2n) is 6.43. The molecule has 0 radical (unpaired) electrons. The Morgan fingerprint density at radius 3 is 2.72 bits per heavy atom. The topological polar surface area (TPSA) is 76.4 Å². The molecule has 3 rings (SSSR count). The summed E-state index contributed by atoms with van der Waals surface area (Å²) in [5, 5.41) is 18.1. The Balaban J connectivity index is 1.75. The number of methoxy groups -OCH3 is 1. The second-order valence-corrected chi connectivity index (χ2v) is 6.43. The molecule has 7 nitrogen and oxygen atoms in total. The van der Waals surface area contributed by atoms with Crippen LogP contribution in [0, 0.1) is 5.41 Å². The van der Waals surface area contributed by atoms with E-state index in [4.69, 9.17) is 4.74 Å². The molecule has 10 heteroatoms. The summed E-state index contributed by atoms with van der Waals surface area (Å²) in [6.45, 7) is 3.09. The number of fused-ring (bicyclic) bond motifs is 1. The summed E-state index contributed by atoms with van der Waals surface area (Å²) in [6.07, 6.45) is -3.60. The van der Waals surface area contributed by atoms with Gasteiger partial charge < -0.3 is 15.4 Å². The van der Waals surface area contributed by atoms with Crippen molar-refractivity contribution in [2.45, 2.75) is 25.4 Å². The molecule has 0 amide bonds. The van der Waals surface area contributed by atoms with Gasteiger partial charge in [0.2, 0.25) is 0 Å². The van der Waals surface area contributed by atoms with Gasteiger partial charge in [0.15, 0.2) is 11.5 Å². The third-order valence-electron chi connectivity index (χ3n) is 4.45. The molecule has 2 N–H and O–H groups in total. The van der Waals surface area contributed by atoms with Gasteiger partial charge >= 0.3 is 6.18 Å². The summed E-state index contributed by atoms with van der Waals surface area (Å²) in [5.41, 5.74) is 0.275. The van der Waals surface area contributed by atoms with Crippen molar-refractivity contribution in [3.05, 3.63) is 18.0 Å². The first kappa shape index (κ1) is 17.9. The van der Waals surface area contributed by atoms with Gasteiger partial charge in [0.05, 0.1) is 6.61 Å². The molecule has 1 saturated heterocycles. The molecule has 0 atom stereocenters. The van der Waals surface area contributed by atoms with Gasteiger partial charge in [-0.15, -0.1) is 15.3 Å². The number of halogens is 3. The maximum absolute atomic E-state index is 12.6. The Labute approximate surface area is 142 Å². The zero-order chi connectivity index (χ0) is 17.9. The monoisotopic (exact) mass is 358 g/mol. The molecule has 3 heterocycles. The van der Waals surface area contributed by atoms with Crippen molar-refractivity contribution in [1.82, 2.24) is 25.1 Å². The van der Waals surface area contributed by atoms with Crippen molar-refractivity contribution in [3.63, 3.8) is 0 Å². The lowest BCUT2D eigenvalue weighted by Crippen LogP contribution is -2.44. The SMILES string of the molecule is COCC1(CNc2ccc3nnc(CC(F)(F)F)n3n2)CCNCC1. The molecule has 1 aliphatic rings. The van der Waals surface area contributed by atoms with Crippen LogP contribution in [0.15, 0.2) is 12.1 Å². The van der Waals surface area contributed by atoms with E-state index in [0.29, 0.717) is 24.6 Å². The van der Waals surface area contributed by atoms with Gasteiger partial charge in [0, 0.05) is 19.1 Å². The number of aromatic nitrogens is 4. The van der Waals surface area contributed by atoms with Gasteiger partial charge in [0.25, 0.3) is 0 Å². The molecule has 0 aliphatic carbocycles. The molecule has 0 bridgehead atoms. The van der Waals surface area contributed by atoms with E-state index < -0.39 is 12.6 Å². The van der Waals surface area contributed by atoms with Gasteiger partial charge in [0.1, 0.15) is 12.2 Å². The van der Waals surface area contributed by atoms with Crippen molar-refractivity contribution in [2.75, 3.05) is 38.7 Å². The number of alkyl halides is 3. The van der Waals surface area contributed by atoms with Crippen molar-refractivity contribution in [1.29, 1.82) is 0 Å². The lowest BCUT2D eigenvalue weighted by atomic mass is 9.79. The predicted octanol–water partition coefficient (Wildman–Crippen LogP) is 1.66. The molecular weight excluding hydrogens is 337 g/mol. The first-order chi connectivity index (χ1) is 11.9. The van der Waals surface area contributed by atoms with E-state index in [-0.39, 0.29) is 11.2 Å². The number of ether oxygens (including phenoxy) is 1. The highest BCUT2D eigenvalue weighted by Gasteiger charge is 2.33. The summed E-state index contributed by atoms with van der Waals surface area (Å²) < 4.78 is 44.4. The molecule has 0 aromatic carbocycles. The Morgan fingerprint density at radius 2 is 2.04 bits per heavy atom. The van der Waals surface area contributed by atoms with Crippen LogP contribution >= 0.6 is 0 Å². The van der Waals surface area contributed by atoms with Crippen LogP contribution in [0.5, 0.6) is 0 Å². The van der Waals surface area contributed by atoms with Crippen LogP contribution in [-0.2, 0) is 11.2 Å². The lowest BCUT2D eigenvalue weighted by molar-refractivity contribution is -0.128. The number of nitrogens with one attached hydrogen (secondary N) is 2. The Kier molecular flexibility index (Phi) is 5.09. The minimum Gasteiger partial charge on any atom is -0.384 e. The Bertz CT molecular complexity index is 705. The second kappa shape index (κ2) is 7.12. The number of rotatable bonds is 6. The highest BCUT2D eigenvalue weighted by atomic mass is 19.4. The molecule has 2 aromatic heterocycles. The van der Waals surface area contributed by atoms with Gasteiger partial charge in [-0.25, -0.2) is 0 Å². The van der Waals surface area contributed by atoms with Crippen molar-refractivity contribution < 1.29 is 17.9 Å². The predicted molar refractivity (Wildman–Crippen MR) is 85.4 cm³/mol. The average Bonchev–Trinajstić information content (AvgIpc) is 2.95. The molecule has 2 aromatic rings. The fraction of sp³-hybridized carbons (Fsp3) is 0.667. The summed E-state index contributed by atoms with van der Waals surface area (Å²) >= 11 is 0. The highest BCUT2D eigenvalue weighted by Crippen LogP contribution is 2.29. The Morgan fingerprint density at radius 1 is 1.28 bits per heavy atom. The number of anilines is 1. The van der Waals surface area contributed by atoms with E-state index in [9.17, 15) is 13.2 Å². The van der Waals surface area contributed by atoms with Gasteiger partial charge in [-0.1, -0.05) is 0 Å². The van der Waals surface area contributed by atoms with Crippen molar-refractivity contribution >= 4 is 11.5 Å². The van der Waals surface area contributed by atoms with Crippen LogP contribution in [0.4, 0.5) is 19.0 Å². The van der Waals surface area contributed by atoms with Gasteiger partial charge in [-0.05, 0) is 38.1 Å². The van der Waals surface area contributed by atoms with E-state index in [0.717, 1.165) is 30.4 Å². The number of piperidine rings is 1. The molecule has 0 unspecified atom stereocenters. The van der Waals surface area contributed by atoms with E-state index in [1.165, 1.54) is 0 Å². The molecular formula is C15H21F3N6O. The number of hydrogen-bond acceptors (Lipinski definition) is 6. The smallest absolute Gasteiger partial charge is 0.384 e. The van der Waals surface area contributed by atoms with Crippen molar-refractivity contribution in [2.24, 2.45) is 5.41 Å². The van der Waals surface area contributed by atoms with Crippen LogP contribution < -0.4 is 10.6 Å². The van der Waals surface area contributed by atoms with Crippen LogP contribution in [0.3, 0.4) is 0 Å². The standard InChI is InChI=1S/C15H21F3N6O/c1-25-10-14(4-6-19-7-5-14)9-20-11-2-3-12-21-22-13(24(12)23-11)8-15(16,17)18/h2-3,19H,4-10H2,1H3,(H,20,23). The van der Waals surface area contributed by atoms with Crippen LogP contribution in [0.25, 0.3) is 5.65 Å². The minimum atomic E-state index is -4.36. The van der Waals surface area contributed by atoms with E-state index in [1.807, 2.05) is 0 Å². The maximum atomic E-state index is 12.6. The van der Waals surface area contributed by atoms with Crippen LogP contribution in [0.1, 0.15) is 18.7 Å². The minimum absolute atomic E-state index is 0.0153. The van der Waals surface area contributed by atoms with Gasteiger partial charge in [-0.2, -0.15) is 17.7 Å². The van der Waals surface area contributed by atoms with E-state index in [2.05, 4.69) is 25.9 Å². The van der Waals surface area contributed by atoms with Crippen molar-refractivity contribution in [3.8, 4) is 0 Å². The zero-order valence-electron chi connectivity index (χ0n) is 13.9. The molecule has 138 valence electrons. The Hall–Kier alpha value is -1.94. The third-order valence-corrected chi connectivity index (χ3v) is 4.45. The fourth-order valence-electron chi connectivity index (χ4n) is 3.13. The van der Waals surface area contributed by atoms with Crippen LogP contribution in [-0.4, -0.2) is 59.3 Å². The maximum Gasteiger partial charge on any atom is 0.396 e. The molecule has 1 fully saturated rings. The molecule has 0 saturated carbocycles. The summed E-state index contributed by atoms with van der Waals surface area (Å²) in [6, 6.07) is 3.30. The number of nitrogens with zero attached hydrogens (tertiary/aromatic N) is 4. The van der Waals surface area contributed by atoms with E-state index in [1.54, 1.807) is 19.2 Å². The largest absolute Gasteiger partial charge is 0.396 e. The van der Waals surface area contributed by atoms with Gasteiger partial charge in [-0.3, -0.25) is 0 Å². The lowest BCUT2D eigenvalue weighted by Gasteiger charge is -2.37. The summed E-state index contributed by atoms with van der Waals surface area (Å²) in [7, 11) is 1.68. The normalized spacial score (nSPS) is 17.8. The number of hydrogen-bond donors (Lipinski definition) is 2.